The van der Waals surface area contributed by atoms with Crippen LogP contribution >= 0.6 is 0 Å². The zero-order chi connectivity index (χ0) is 10.7. The van der Waals surface area contributed by atoms with Gasteiger partial charge in [0.15, 0.2) is 11.5 Å². The van der Waals surface area contributed by atoms with Crippen molar-refractivity contribution in [3.05, 3.63) is 29.9 Å². The van der Waals surface area contributed by atoms with E-state index in [0.29, 0.717) is 5.76 Å². The molecule has 78 valence electrons. The van der Waals surface area contributed by atoms with E-state index in [1.54, 1.807) is 12.1 Å². The van der Waals surface area contributed by atoms with Crippen molar-refractivity contribution in [3.63, 3.8) is 0 Å². The third-order valence-electron chi connectivity index (χ3n) is 1.79. The third-order valence-corrected chi connectivity index (χ3v) is 1.79. The molecule has 2 heterocycles. The first-order chi connectivity index (χ1) is 7.27. The number of nitrogens with two attached hydrogens (primary N) is 1. The summed E-state index contributed by atoms with van der Waals surface area (Å²) < 4.78 is 5.04. The van der Waals surface area contributed by atoms with Gasteiger partial charge in [0, 0.05) is 0 Å². The number of furan rings is 1. The number of nitrogens with one attached hydrogen (secondary N) is 2. The van der Waals surface area contributed by atoms with Crippen molar-refractivity contribution in [1.29, 1.82) is 0 Å². The van der Waals surface area contributed by atoms with Crippen molar-refractivity contribution in [2.24, 2.45) is 0 Å². The Morgan fingerprint density at radius 3 is 3.07 bits per heavy atom. The van der Waals surface area contributed by atoms with Gasteiger partial charge in [0.1, 0.15) is 5.76 Å². The minimum absolute atomic E-state index is 0.0759. The molecule has 0 saturated heterocycles. The predicted octanol–water partition coefficient (Wildman–Crippen LogP) is -0.0901. The van der Waals surface area contributed by atoms with Crippen LogP contribution in [0, 0.1) is 0 Å². The van der Waals surface area contributed by atoms with Gasteiger partial charge in [0.2, 0.25) is 0 Å². The maximum Gasteiger partial charge on any atom is 0.276 e. The lowest BCUT2D eigenvalue weighted by Crippen LogP contribution is -2.23. The number of H-pyrrole nitrogens is 1. The van der Waals surface area contributed by atoms with Gasteiger partial charge in [-0.15, -0.1) is 10.2 Å². The van der Waals surface area contributed by atoms with E-state index >= 15 is 0 Å². The summed E-state index contributed by atoms with van der Waals surface area (Å²) in [6.45, 7) is 0.290. The fourth-order valence-corrected chi connectivity index (χ4v) is 1.07. The third kappa shape index (κ3) is 1.96. The summed E-state index contributed by atoms with van der Waals surface area (Å²) in [4.78, 5) is 11.5. The molecule has 0 fully saturated rings. The molecule has 0 aliphatic rings. The molecule has 0 bridgehead atoms. The number of carbonyl (C=O) groups excluding carboxylic acids is 1. The number of aromatic nitrogens is 3. The highest BCUT2D eigenvalue weighted by atomic mass is 16.3. The number of aromatic amines is 1. The number of hydrogen-bond donors (Lipinski definition) is 3. The fourth-order valence-electron chi connectivity index (χ4n) is 1.07. The Morgan fingerprint density at radius 1 is 1.60 bits per heavy atom. The number of amides is 1. The Hall–Kier alpha value is -2.31. The average molecular weight is 207 g/mol. The van der Waals surface area contributed by atoms with E-state index in [1.165, 1.54) is 6.26 Å². The molecule has 2 aromatic heterocycles. The number of nitrogen functional groups attached to an aromatic ring is 1. The lowest BCUT2D eigenvalue weighted by atomic mass is 10.4. The molecular weight excluding hydrogens is 198 g/mol. The molecule has 0 aliphatic carbocycles. The number of carbonyl (C=O) groups is 1. The van der Waals surface area contributed by atoms with E-state index in [1.807, 2.05) is 0 Å². The highest BCUT2D eigenvalue weighted by Crippen LogP contribution is 2.03. The Labute approximate surface area is 84.6 Å². The van der Waals surface area contributed by atoms with Crippen molar-refractivity contribution in [1.82, 2.24) is 20.7 Å². The maximum absolute atomic E-state index is 11.5. The Bertz CT molecular complexity index is 447. The standard InChI is InChI=1S/C8H9N5O2/c9-7-6(11-13-12-7)8(14)10-4-5-2-1-3-15-5/h1-3H,4H2,(H,10,14)(H3,9,11,12,13). The van der Waals surface area contributed by atoms with Gasteiger partial charge in [-0.2, -0.15) is 5.21 Å². The number of rotatable bonds is 3. The summed E-state index contributed by atoms with van der Waals surface area (Å²) >= 11 is 0. The molecular formula is C8H9N5O2. The molecule has 1 amide bonds. The molecule has 2 aromatic rings. The summed E-state index contributed by atoms with van der Waals surface area (Å²) in [5.74, 6) is 0.343. The molecule has 15 heavy (non-hydrogen) atoms. The van der Waals surface area contributed by atoms with Crippen LogP contribution in [0.1, 0.15) is 16.2 Å². The number of nitrogens with zero attached hydrogens (tertiary/aromatic N) is 2. The molecule has 4 N–H and O–H groups in total. The Morgan fingerprint density at radius 2 is 2.47 bits per heavy atom. The predicted molar refractivity (Wildman–Crippen MR) is 50.7 cm³/mol. The van der Waals surface area contributed by atoms with Gasteiger partial charge in [0.05, 0.1) is 12.8 Å². The van der Waals surface area contributed by atoms with E-state index in [0.717, 1.165) is 0 Å². The molecule has 0 aliphatic heterocycles. The Kier molecular flexibility index (Phi) is 2.36. The quantitative estimate of drug-likeness (QED) is 0.651. The second kappa shape index (κ2) is 3.82. The summed E-state index contributed by atoms with van der Waals surface area (Å²) in [7, 11) is 0. The van der Waals surface area contributed by atoms with Crippen LogP contribution in [0.3, 0.4) is 0 Å². The molecule has 0 spiro atoms. The maximum atomic E-state index is 11.5. The molecule has 0 atom stereocenters. The first-order valence-electron chi connectivity index (χ1n) is 4.24. The SMILES string of the molecule is Nc1n[nH]nc1C(=O)NCc1ccco1. The zero-order valence-electron chi connectivity index (χ0n) is 7.73. The van der Waals surface area contributed by atoms with Crippen molar-refractivity contribution in [3.8, 4) is 0 Å². The largest absolute Gasteiger partial charge is 0.467 e. The first kappa shape index (κ1) is 9.25. The van der Waals surface area contributed by atoms with E-state index in [2.05, 4.69) is 20.7 Å². The summed E-state index contributed by atoms with van der Waals surface area (Å²) in [6.07, 6.45) is 1.53. The van der Waals surface area contributed by atoms with Gasteiger partial charge in [-0.3, -0.25) is 4.79 Å². The first-order valence-corrected chi connectivity index (χ1v) is 4.24. The smallest absolute Gasteiger partial charge is 0.276 e. The minimum Gasteiger partial charge on any atom is -0.467 e. The van der Waals surface area contributed by atoms with Crippen LogP contribution in [0.5, 0.6) is 0 Å². The van der Waals surface area contributed by atoms with E-state index in [9.17, 15) is 4.79 Å². The van der Waals surface area contributed by atoms with Crippen LogP contribution in [0.4, 0.5) is 5.82 Å². The molecule has 0 aromatic carbocycles. The van der Waals surface area contributed by atoms with Gasteiger partial charge < -0.3 is 15.5 Å². The summed E-state index contributed by atoms with van der Waals surface area (Å²) in [5.41, 5.74) is 5.49. The monoisotopic (exact) mass is 207 g/mol. The number of anilines is 1. The van der Waals surface area contributed by atoms with Crippen LogP contribution in [-0.4, -0.2) is 21.3 Å². The van der Waals surface area contributed by atoms with Crippen LogP contribution in [-0.2, 0) is 6.54 Å². The highest BCUT2D eigenvalue weighted by molar-refractivity contribution is 5.95. The molecule has 0 saturated carbocycles. The Balaban J connectivity index is 1.96. The van der Waals surface area contributed by atoms with Crippen LogP contribution in [0.25, 0.3) is 0 Å². The van der Waals surface area contributed by atoms with Gasteiger partial charge in [-0.05, 0) is 12.1 Å². The lowest BCUT2D eigenvalue weighted by molar-refractivity contribution is 0.0944. The van der Waals surface area contributed by atoms with Gasteiger partial charge in [-0.25, -0.2) is 0 Å². The van der Waals surface area contributed by atoms with Crippen LogP contribution < -0.4 is 11.1 Å². The molecule has 7 heteroatoms. The zero-order valence-corrected chi connectivity index (χ0v) is 7.73. The minimum atomic E-state index is -0.391. The summed E-state index contributed by atoms with van der Waals surface area (Å²) in [5, 5.41) is 12.0. The normalized spacial score (nSPS) is 10.1. The van der Waals surface area contributed by atoms with Crippen molar-refractivity contribution < 1.29 is 9.21 Å². The average Bonchev–Trinajstić information content (AvgIpc) is 2.84. The van der Waals surface area contributed by atoms with Gasteiger partial charge in [0.25, 0.3) is 5.91 Å². The molecule has 7 nitrogen and oxygen atoms in total. The second-order valence-corrected chi connectivity index (χ2v) is 2.82. The van der Waals surface area contributed by atoms with Crippen molar-refractivity contribution in [2.75, 3.05) is 5.73 Å². The lowest BCUT2D eigenvalue weighted by Gasteiger charge is -1.99. The summed E-state index contributed by atoms with van der Waals surface area (Å²) in [6, 6.07) is 3.50. The topological polar surface area (TPSA) is 110 Å². The number of hydrogen-bond acceptors (Lipinski definition) is 5. The highest BCUT2D eigenvalue weighted by Gasteiger charge is 2.13. The molecule has 0 radical (unpaired) electrons. The second-order valence-electron chi connectivity index (χ2n) is 2.82. The van der Waals surface area contributed by atoms with Gasteiger partial charge in [-0.1, -0.05) is 0 Å². The fraction of sp³-hybridized carbons (Fsp3) is 0.125. The van der Waals surface area contributed by atoms with Crippen molar-refractivity contribution >= 4 is 11.7 Å². The van der Waals surface area contributed by atoms with E-state index in [4.69, 9.17) is 10.2 Å². The van der Waals surface area contributed by atoms with Gasteiger partial charge >= 0.3 is 0 Å². The van der Waals surface area contributed by atoms with E-state index < -0.39 is 5.91 Å². The van der Waals surface area contributed by atoms with Crippen molar-refractivity contribution in [2.45, 2.75) is 6.54 Å². The molecule has 2 rings (SSSR count). The van der Waals surface area contributed by atoms with Crippen LogP contribution in [0.15, 0.2) is 22.8 Å². The van der Waals surface area contributed by atoms with E-state index in [-0.39, 0.29) is 18.1 Å². The van der Waals surface area contributed by atoms with Crippen LogP contribution in [0.2, 0.25) is 0 Å². The molecule has 0 unspecified atom stereocenters.